The van der Waals surface area contributed by atoms with Gasteiger partial charge in [0, 0.05) is 44.3 Å². The second kappa shape index (κ2) is 15.5. The summed E-state index contributed by atoms with van der Waals surface area (Å²) < 4.78 is 0. The highest BCUT2D eigenvalue weighted by Gasteiger charge is 2.28. The van der Waals surface area contributed by atoms with E-state index < -0.39 is 0 Å². The monoisotopic (exact) mass is 838 g/mol. The van der Waals surface area contributed by atoms with Gasteiger partial charge in [0.2, 0.25) is 0 Å². The average molecular weight is 839 g/mol. The number of para-hydroxylation sites is 2. The van der Waals surface area contributed by atoms with Crippen molar-refractivity contribution in [2.75, 3.05) is 9.80 Å². The fraction of sp³-hybridized carbons (Fsp3) is 0. The highest BCUT2D eigenvalue weighted by atomic mass is 15.1. The highest BCUT2D eigenvalue weighted by Crippen LogP contribution is 2.55. The summed E-state index contributed by atoms with van der Waals surface area (Å²) >= 11 is 0. The summed E-state index contributed by atoms with van der Waals surface area (Å²) in [5.74, 6) is 0. The summed E-state index contributed by atoms with van der Waals surface area (Å²) in [5, 5.41) is 14.7. The summed E-state index contributed by atoms with van der Waals surface area (Å²) in [6.45, 7) is 0. The van der Waals surface area contributed by atoms with Gasteiger partial charge < -0.3 is 9.80 Å². The molecule has 0 amide bonds. The molecule has 0 spiro atoms. The Kier molecular flexibility index (Phi) is 8.89. The van der Waals surface area contributed by atoms with Crippen molar-refractivity contribution >= 4 is 98.8 Å². The maximum absolute atomic E-state index is 2.49. The van der Waals surface area contributed by atoms with Crippen molar-refractivity contribution < 1.29 is 0 Å². The van der Waals surface area contributed by atoms with Gasteiger partial charge in [0.05, 0.1) is 11.4 Å². The highest BCUT2D eigenvalue weighted by molar-refractivity contribution is 6.41. The molecule has 13 rings (SSSR count). The standard InChI is InChI=1S/C64H42N2/c1-5-21-45(22-6-1)57-41-60(66(50-29-11-4-12-30-50)52-36-34-44-20-14-16-26-48(44)40-52)62-54-32-18-17-31-53(54)61-58(46-23-7-2-8-24-46)42-59(56-38-37-55(57)63(62)64(56)61)65(49-27-9-3-10-28-49)51-35-33-43-19-13-15-25-47(43)39-51/h1-42H. The summed E-state index contributed by atoms with van der Waals surface area (Å²) in [7, 11) is 0. The van der Waals surface area contributed by atoms with Crippen LogP contribution in [0.3, 0.4) is 0 Å². The van der Waals surface area contributed by atoms with Crippen LogP contribution in [0.15, 0.2) is 255 Å². The zero-order chi connectivity index (χ0) is 43.6. The Hall–Kier alpha value is -8.72. The van der Waals surface area contributed by atoms with Crippen LogP contribution in [0.2, 0.25) is 0 Å². The first-order valence-electron chi connectivity index (χ1n) is 22.8. The molecule has 0 aliphatic carbocycles. The van der Waals surface area contributed by atoms with Gasteiger partial charge in [-0.3, -0.25) is 0 Å². The van der Waals surface area contributed by atoms with E-state index in [9.17, 15) is 0 Å². The lowest BCUT2D eigenvalue weighted by Gasteiger charge is -2.32. The van der Waals surface area contributed by atoms with Crippen LogP contribution in [-0.2, 0) is 0 Å². The number of rotatable bonds is 8. The summed E-state index contributed by atoms with van der Waals surface area (Å²) in [4.78, 5) is 4.96. The SMILES string of the molecule is c1ccc(-c2cc(N(c3ccccc3)c3ccc4ccccc4c3)c3c4ccccc4c4c(-c5ccccc5)cc(N(c5ccccc5)c5ccc6ccccc6c5)c5ccc2c3c54)cc1. The van der Waals surface area contributed by atoms with Gasteiger partial charge in [-0.05, 0) is 126 Å². The molecule has 13 aromatic carbocycles. The van der Waals surface area contributed by atoms with Crippen molar-refractivity contribution in [2.45, 2.75) is 0 Å². The first-order valence-corrected chi connectivity index (χ1v) is 22.8. The molecule has 13 aromatic rings. The zero-order valence-electron chi connectivity index (χ0n) is 36.1. The topological polar surface area (TPSA) is 6.48 Å². The minimum absolute atomic E-state index is 1.10. The average Bonchev–Trinajstić information content (AvgIpc) is 3.39. The molecule has 0 unspecified atom stereocenters. The van der Waals surface area contributed by atoms with E-state index in [1.807, 2.05) is 0 Å². The molecule has 0 radical (unpaired) electrons. The minimum atomic E-state index is 1.10. The normalized spacial score (nSPS) is 11.6. The Bertz CT molecular complexity index is 3920. The third-order valence-corrected chi connectivity index (χ3v) is 13.5. The molecule has 0 atom stereocenters. The van der Waals surface area contributed by atoms with Gasteiger partial charge in [-0.25, -0.2) is 0 Å². The van der Waals surface area contributed by atoms with Crippen molar-refractivity contribution in [1.82, 2.24) is 0 Å². The van der Waals surface area contributed by atoms with Crippen LogP contribution in [0.5, 0.6) is 0 Å². The lowest BCUT2D eigenvalue weighted by molar-refractivity contribution is 1.30. The van der Waals surface area contributed by atoms with Gasteiger partial charge >= 0.3 is 0 Å². The molecule has 0 fully saturated rings. The third kappa shape index (κ3) is 6.11. The number of hydrogen-bond acceptors (Lipinski definition) is 2. The summed E-state index contributed by atoms with van der Waals surface area (Å²) in [6.07, 6.45) is 0. The van der Waals surface area contributed by atoms with E-state index in [0.717, 1.165) is 34.1 Å². The molecule has 2 nitrogen and oxygen atoms in total. The van der Waals surface area contributed by atoms with Gasteiger partial charge in [0.25, 0.3) is 0 Å². The molecular weight excluding hydrogens is 797 g/mol. The van der Waals surface area contributed by atoms with E-state index in [0.29, 0.717) is 0 Å². The number of nitrogens with zero attached hydrogens (tertiary/aromatic N) is 2. The molecule has 0 aliphatic heterocycles. The van der Waals surface area contributed by atoms with E-state index in [1.54, 1.807) is 0 Å². The molecule has 0 aliphatic rings. The van der Waals surface area contributed by atoms with Gasteiger partial charge in [-0.2, -0.15) is 0 Å². The van der Waals surface area contributed by atoms with Crippen LogP contribution in [0.4, 0.5) is 34.1 Å². The second-order valence-electron chi connectivity index (χ2n) is 17.2. The molecule has 0 N–H and O–H groups in total. The largest absolute Gasteiger partial charge is 0.310 e. The fourth-order valence-electron chi connectivity index (χ4n) is 10.6. The lowest BCUT2D eigenvalue weighted by atomic mass is 9.82. The Morgan fingerprint density at radius 3 is 1.18 bits per heavy atom. The number of fused-ring (bicyclic) bond motifs is 5. The van der Waals surface area contributed by atoms with Crippen LogP contribution in [0, 0.1) is 0 Å². The van der Waals surface area contributed by atoms with E-state index >= 15 is 0 Å². The van der Waals surface area contributed by atoms with Crippen molar-refractivity contribution in [3.63, 3.8) is 0 Å². The minimum Gasteiger partial charge on any atom is -0.310 e. The van der Waals surface area contributed by atoms with Crippen molar-refractivity contribution in [2.24, 2.45) is 0 Å². The molecule has 0 saturated heterocycles. The molecule has 2 heteroatoms. The summed E-state index contributed by atoms with van der Waals surface area (Å²) in [5.41, 5.74) is 11.4. The van der Waals surface area contributed by atoms with E-state index in [1.165, 1.54) is 86.9 Å². The van der Waals surface area contributed by atoms with Crippen LogP contribution in [0.1, 0.15) is 0 Å². The van der Waals surface area contributed by atoms with Crippen LogP contribution in [0.25, 0.3) is 86.9 Å². The fourth-order valence-corrected chi connectivity index (χ4v) is 10.6. The van der Waals surface area contributed by atoms with Gasteiger partial charge in [0.1, 0.15) is 0 Å². The molecule has 0 heterocycles. The first kappa shape index (κ1) is 37.8. The van der Waals surface area contributed by atoms with Gasteiger partial charge in [0.15, 0.2) is 0 Å². The van der Waals surface area contributed by atoms with Crippen LogP contribution < -0.4 is 9.80 Å². The molecule has 0 saturated carbocycles. The Morgan fingerprint density at radius 1 is 0.212 bits per heavy atom. The molecule has 308 valence electrons. The van der Waals surface area contributed by atoms with E-state index in [2.05, 4.69) is 265 Å². The number of anilines is 6. The number of benzene rings is 13. The predicted octanol–water partition coefficient (Wildman–Crippen LogP) is 18.3. The third-order valence-electron chi connectivity index (χ3n) is 13.5. The predicted molar refractivity (Wildman–Crippen MR) is 283 cm³/mol. The summed E-state index contributed by atoms with van der Waals surface area (Å²) in [6, 6.07) is 93.6. The van der Waals surface area contributed by atoms with Crippen LogP contribution in [-0.4, -0.2) is 0 Å². The van der Waals surface area contributed by atoms with Crippen molar-refractivity contribution in [3.8, 4) is 22.3 Å². The van der Waals surface area contributed by atoms with Crippen LogP contribution >= 0.6 is 0 Å². The zero-order valence-corrected chi connectivity index (χ0v) is 36.1. The number of hydrogen-bond donors (Lipinski definition) is 0. The molecule has 66 heavy (non-hydrogen) atoms. The van der Waals surface area contributed by atoms with Gasteiger partial charge in [-0.15, -0.1) is 0 Å². The quantitative estimate of drug-likeness (QED) is 0.111. The van der Waals surface area contributed by atoms with Gasteiger partial charge in [-0.1, -0.05) is 194 Å². The first-order chi connectivity index (χ1) is 32.8. The Balaban J connectivity index is 1.24. The molecule has 0 bridgehead atoms. The lowest BCUT2D eigenvalue weighted by Crippen LogP contribution is -2.12. The van der Waals surface area contributed by atoms with E-state index in [4.69, 9.17) is 0 Å². The second-order valence-corrected chi connectivity index (χ2v) is 17.2. The molecule has 0 aromatic heterocycles. The molecular formula is C64H42N2. The Morgan fingerprint density at radius 2 is 0.621 bits per heavy atom. The van der Waals surface area contributed by atoms with E-state index in [-0.39, 0.29) is 0 Å². The maximum Gasteiger partial charge on any atom is 0.0553 e. The maximum atomic E-state index is 2.49. The van der Waals surface area contributed by atoms with Crippen molar-refractivity contribution in [3.05, 3.63) is 255 Å². The smallest absolute Gasteiger partial charge is 0.0553 e. The Labute approximate surface area is 383 Å². The van der Waals surface area contributed by atoms with Crippen molar-refractivity contribution in [1.29, 1.82) is 0 Å².